The zero-order valence-corrected chi connectivity index (χ0v) is 15.6. The minimum absolute atomic E-state index is 0.0499. The van der Waals surface area contributed by atoms with Gasteiger partial charge in [-0.3, -0.25) is 4.90 Å². The van der Waals surface area contributed by atoms with Gasteiger partial charge in [-0.1, -0.05) is 48.5 Å². The minimum Gasteiger partial charge on any atom is -0.448 e. The van der Waals surface area contributed by atoms with Crippen molar-refractivity contribution < 1.29 is 28.2 Å². The van der Waals surface area contributed by atoms with Crippen molar-refractivity contribution in [2.45, 2.75) is 30.6 Å². The number of ether oxygens (including phenoxy) is 2. The van der Waals surface area contributed by atoms with Crippen LogP contribution in [0.4, 0.5) is 13.6 Å². The molecule has 29 heavy (non-hydrogen) atoms. The van der Waals surface area contributed by atoms with Crippen LogP contribution in [-0.2, 0) is 9.47 Å². The Bertz CT molecular complexity index is 891. The van der Waals surface area contributed by atoms with Gasteiger partial charge in [0.25, 0.3) is 0 Å². The first kappa shape index (κ1) is 18.5. The van der Waals surface area contributed by atoms with Gasteiger partial charge in [0.1, 0.15) is 12.7 Å². The first-order valence-corrected chi connectivity index (χ1v) is 9.75. The molecule has 2 fully saturated rings. The summed E-state index contributed by atoms with van der Waals surface area (Å²) in [5.74, 6) is -1.22. The van der Waals surface area contributed by atoms with Gasteiger partial charge in [-0.2, -0.15) is 0 Å². The summed E-state index contributed by atoms with van der Waals surface area (Å²) in [5.41, 5.74) is 4.39. The summed E-state index contributed by atoms with van der Waals surface area (Å²) in [7, 11) is 0. The summed E-state index contributed by atoms with van der Waals surface area (Å²) in [6.07, 6.45) is -5.15. The van der Waals surface area contributed by atoms with Crippen LogP contribution < -0.4 is 0 Å². The predicted molar refractivity (Wildman–Crippen MR) is 101 cm³/mol. The van der Waals surface area contributed by atoms with Crippen LogP contribution in [0.25, 0.3) is 11.1 Å². The van der Waals surface area contributed by atoms with E-state index in [-0.39, 0.29) is 25.7 Å². The lowest BCUT2D eigenvalue weighted by molar-refractivity contribution is -0.00819. The second kappa shape index (κ2) is 7.07. The molecule has 4 atom stereocenters. The van der Waals surface area contributed by atoms with E-state index in [4.69, 9.17) is 9.47 Å². The number of amides is 1. The Morgan fingerprint density at radius 3 is 2.38 bits per heavy atom. The van der Waals surface area contributed by atoms with Crippen LogP contribution in [0.1, 0.15) is 17.0 Å². The average molecular weight is 401 g/mol. The number of aliphatic hydroxyl groups is 1. The SMILES string of the molecule is O=C(OCC1c2ccccc2-c2ccccc21)N1C[C@@H](C(F)F)[C@H]2OC[C@H](O)[C@H]21. The van der Waals surface area contributed by atoms with Crippen molar-refractivity contribution in [1.82, 2.24) is 4.90 Å². The van der Waals surface area contributed by atoms with Crippen molar-refractivity contribution in [1.29, 1.82) is 0 Å². The number of nitrogens with zero attached hydrogens (tertiary/aromatic N) is 1. The standard InChI is InChI=1S/C22H21F2NO4/c23-21(24)16-9-25(19-18(26)11-28-20(16)19)22(27)29-10-17-14-7-3-1-5-12(14)13-6-2-4-8-15(13)17/h1-8,16-21,26H,9-11H2/t16-,18+,19-,20-/m1/s1. The van der Waals surface area contributed by atoms with E-state index >= 15 is 0 Å². The van der Waals surface area contributed by atoms with Crippen molar-refractivity contribution in [3.8, 4) is 11.1 Å². The van der Waals surface area contributed by atoms with Crippen molar-refractivity contribution in [2.24, 2.45) is 5.92 Å². The molecule has 0 bridgehead atoms. The van der Waals surface area contributed by atoms with Crippen molar-refractivity contribution >= 4 is 6.09 Å². The third-order valence-electron chi connectivity index (χ3n) is 6.27. The van der Waals surface area contributed by atoms with E-state index in [1.54, 1.807) is 0 Å². The van der Waals surface area contributed by atoms with Gasteiger partial charge in [0.15, 0.2) is 0 Å². The smallest absolute Gasteiger partial charge is 0.410 e. The first-order chi connectivity index (χ1) is 14.1. The van der Waals surface area contributed by atoms with Gasteiger partial charge < -0.3 is 14.6 Å². The van der Waals surface area contributed by atoms with Crippen LogP contribution in [0.2, 0.25) is 0 Å². The molecule has 2 aromatic carbocycles. The van der Waals surface area contributed by atoms with Gasteiger partial charge in [0.2, 0.25) is 6.43 Å². The highest BCUT2D eigenvalue weighted by molar-refractivity contribution is 5.79. The number of likely N-dealkylation sites (tertiary alicyclic amines) is 1. The number of hydrogen-bond acceptors (Lipinski definition) is 4. The van der Waals surface area contributed by atoms with Crippen LogP contribution in [-0.4, -0.2) is 60.5 Å². The minimum atomic E-state index is -2.63. The molecule has 0 spiro atoms. The van der Waals surface area contributed by atoms with Gasteiger partial charge in [-0.15, -0.1) is 0 Å². The Kier molecular flexibility index (Phi) is 4.52. The predicted octanol–water partition coefficient (Wildman–Crippen LogP) is 3.26. The monoisotopic (exact) mass is 401 g/mol. The number of carbonyl (C=O) groups is 1. The number of halogens is 2. The van der Waals surface area contributed by atoms with Gasteiger partial charge in [0.05, 0.1) is 24.7 Å². The summed E-state index contributed by atoms with van der Waals surface area (Å²) in [5, 5.41) is 10.1. The van der Waals surface area contributed by atoms with E-state index < -0.39 is 36.7 Å². The van der Waals surface area contributed by atoms with Gasteiger partial charge in [-0.05, 0) is 22.3 Å². The molecular weight excluding hydrogens is 380 g/mol. The number of benzene rings is 2. The molecule has 1 N–H and O–H groups in total. The Labute approximate surface area is 166 Å². The lowest BCUT2D eigenvalue weighted by atomic mass is 9.98. The summed E-state index contributed by atoms with van der Waals surface area (Å²) >= 11 is 0. The quantitative estimate of drug-likeness (QED) is 0.858. The Balaban J connectivity index is 1.35. The van der Waals surface area contributed by atoms with Crippen molar-refractivity contribution in [3.05, 3.63) is 59.7 Å². The molecule has 0 saturated carbocycles. The molecule has 0 radical (unpaired) electrons. The van der Waals surface area contributed by atoms with E-state index in [0.29, 0.717) is 0 Å². The third-order valence-corrected chi connectivity index (χ3v) is 6.27. The molecular formula is C22H21F2NO4. The van der Waals surface area contributed by atoms with Gasteiger partial charge >= 0.3 is 6.09 Å². The number of rotatable bonds is 3. The molecule has 2 saturated heterocycles. The second-order valence-corrected chi connectivity index (χ2v) is 7.81. The number of aliphatic hydroxyl groups excluding tert-OH is 1. The van der Waals surface area contributed by atoms with Crippen LogP contribution in [0, 0.1) is 5.92 Å². The summed E-state index contributed by atoms with van der Waals surface area (Å²) < 4.78 is 37.6. The third kappa shape index (κ3) is 2.91. The van der Waals surface area contributed by atoms with Crippen LogP contribution in [0.3, 0.4) is 0 Å². The average Bonchev–Trinajstić information content (AvgIpc) is 3.38. The number of alkyl halides is 2. The molecule has 152 valence electrons. The van der Waals surface area contributed by atoms with Crippen molar-refractivity contribution in [3.63, 3.8) is 0 Å². The maximum atomic E-state index is 13.4. The summed E-state index contributed by atoms with van der Waals surface area (Å²) in [6, 6.07) is 15.2. The van der Waals surface area contributed by atoms with Crippen LogP contribution >= 0.6 is 0 Å². The largest absolute Gasteiger partial charge is 0.448 e. The Hall–Kier alpha value is -2.51. The van der Waals surface area contributed by atoms with E-state index in [1.165, 1.54) is 4.90 Å². The van der Waals surface area contributed by atoms with Gasteiger partial charge in [-0.25, -0.2) is 13.6 Å². The molecule has 1 aliphatic carbocycles. The van der Waals surface area contributed by atoms with Crippen LogP contribution in [0.15, 0.2) is 48.5 Å². The first-order valence-electron chi connectivity index (χ1n) is 9.75. The van der Waals surface area contributed by atoms with E-state index in [2.05, 4.69) is 0 Å². The maximum Gasteiger partial charge on any atom is 0.410 e. The zero-order chi connectivity index (χ0) is 20.1. The molecule has 3 aliphatic rings. The fourth-order valence-electron chi connectivity index (χ4n) is 4.94. The fraction of sp³-hybridized carbons (Fsp3) is 0.409. The fourth-order valence-corrected chi connectivity index (χ4v) is 4.94. The summed E-state index contributed by atoms with van der Waals surface area (Å²) in [6.45, 7) is -0.122. The van der Waals surface area contributed by atoms with E-state index in [0.717, 1.165) is 22.3 Å². The Morgan fingerprint density at radius 1 is 1.14 bits per heavy atom. The lowest BCUT2D eigenvalue weighted by Crippen LogP contribution is -2.44. The highest BCUT2D eigenvalue weighted by atomic mass is 19.3. The molecule has 1 amide bonds. The highest BCUT2D eigenvalue weighted by Crippen LogP contribution is 2.45. The normalized spacial score (nSPS) is 27.8. The molecule has 5 rings (SSSR count). The molecule has 7 heteroatoms. The molecule has 5 nitrogen and oxygen atoms in total. The number of fused-ring (bicyclic) bond motifs is 4. The molecule has 2 heterocycles. The molecule has 2 aromatic rings. The maximum absolute atomic E-state index is 13.4. The molecule has 0 aromatic heterocycles. The zero-order valence-electron chi connectivity index (χ0n) is 15.6. The molecule has 0 unspecified atom stereocenters. The van der Waals surface area contributed by atoms with Gasteiger partial charge in [0, 0.05) is 12.5 Å². The highest BCUT2D eigenvalue weighted by Gasteiger charge is 2.55. The second-order valence-electron chi connectivity index (χ2n) is 7.81. The van der Waals surface area contributed by atoms with E-state index in [9.17, 15) is 18.7 Å². The number of carbonyl (C=O) groups excluding carboxylic acids is 1. The van der Waals surface area contributed by atoms with Crippen LogP contribution in [0.5, 0.6) is 0 Å². The van der Waals surface area contributed by atoms with E-state index in [1.807, 2.05) is 48.5 Å². The van der Waals surface area contributed by atoms with Crippen molar-refractivity contribution in [2.75, 3.05) is 19.8 Å². The Morgan fingerprint density at radius 2 is 1.76 bits per heavy atom. The number of hydrogen-bond donors (Lipinski definition) is 1. The molecule has 2 aliphatic heterocycles. The topological polar surface area (TPSA) is 59.0 Å². The lowest BCUT2D eigenvalue weighted by Gasteiger charge is -2.25. The summed E-state index contributed by atoms with van der Waals surface area (Å²) in [4.78, 5) is 14.0.